The van der Waals surface area contributed by atoms with Crippen LogP contribution < -0.4 is 5.32 Å². The first kappa shape index (κ1) is 18.6. The molecule has 2 aromatic rings. The quantitative estimate of drug-likeness (QED) is 0.799. The molecule has 0 aliphatic carbocycles. The summed E-state index contributed by atoms with van der Waals surface area (Å²) in [6.45, 7) is 1.41. The molecule has 3 rings (SSSR count). The number of nitrogens with one attached hydrogen (secondary N) is 1. The minimum Gasteiger partial charge on any atom is -0.480 e. The van der Waals surface area contributed by atoms with E-state index in [2.05, 4.69) is 5.32 Å². The van der Waals surface area contributed by atoms with Gasteiger partial charge in [-0.05, 0) is 35.9 Å². The third kappa shape index (κ3) is 3.50. The Morgan fingerprint density at radius 3 is 2.54 bits per heavy atom. The largest absolute Gasteiger partial charge is 0.480 e. The highest BCUT2D eigenvalue weighted by Crippen LogP contribution is 2.30. The van der Waals surface area contributed by atoms with Gasteiger partial charge in [-0.15, -0.1) is 11.3 Å². The number of benzene rings is 1. The number of sulfonamides is 1. The van der Waals surface area contributed by atoms with Gasteiger partial charge >= 0.3 is 5.97 Å². The van der Waals surface area contributed by atoms with Crippen LogP contribution in [-0.2, 0) is 32.6 Å². The maximum Gasteiger partial charge on any atom is 0.325 e. The van der Waals surface area contributed by atoms with E-state index in [4.69, 9.17) is 5.11 Å². The van der Waals surface area contributed by atoms with Gasteiger partial charge in [0.2, 0.25) is 5.91 Å². The predicted octanol–water partition coefficient (Wildman–Crippen LogP) is 1.45. The van der Waals surface area contributed by atoms with Crippen molar-refractivity contribution in [1.82, 2.24) is 9.62 Å². The van der Waals surface area contributed by atoms with E-state index in [0.29, 0.717) is 0 Å². The van der Waals surface area contributed by atoms with E-state index in [-0.39, 0.29) is 17.2 Å². The zero-order chi connectivity index (χ0) is 18.9. The van der Waals surface area contributed by atoms with Crippen molar-refractivity contribution < 1.29 is 23.1 Å². The first-order valence-corrected chi connectivity index (χ1v) is 10.3. The van der Waals surface area contributed by atoms with Crippen LogP contribution in [0.4, 0.5) is 0 Å². The number of fused-ring (bicyclic) bond motifs is 1. The Morgan fingerprint density at radius 2 is 1.92 bits per heavy atom. The molecular formula is C17H18N2O5S2. The number of thiophene rings is 1. The second-order valence-electron chi connectivity index (χ2n) is 6.04. The Hall–Kier alpha value is -2.23. The molecule has 2 atom stereocenters. The van der Waals surface area contributed by atoms with Gasteiger partial charge in [0.25, 0.3) is 10.0 Å². The molecule has 1 aliphatic rings. The zero-order valence-corrected chi connectivity index (χ0v) is 15.6. The van der Waals surface area contributed by atoms with Crippen molar-refractivity contribution in [2.24, 2.45) is 0 Å². The normalized spacial score (nSPS) is 18.7. The Bertz CT molecular complexity index is 924. The molecule has 0 bridgehead atoms. The zero-order valence-electron chi connectivity index (χ0n) is 14.0. The summed E-state index contributed by atoms with van der Waals surface area (Å²) in [5.41, 5.74) is 1.72. The number of carboxylic acid groups (broad SMARTS) is 1. The summed E-state index contributed by atoms with van der Waals surface area (Å²) < 4.78 is 27.4. The van der Waals surface area contributed by atoms with Crippen LogP contribution in [0.5, 0.6) is 0 Å². The van der Waals surface area contributed by atoms with E-state index < -0.39 is 34.0 Å². The lowest BCUT2D eigenvalue weighted by Gasteiger charge is -2.35. The van der Waals surface area contributed by atoms with Crippen molar-refractivity contribution in [3.63, 3.8) is 0 Å². The van der Waals surface area contributed by atoms with Crippen molar-refractivity contribution in [3.8, 4) is 0 Å². The fourth-order valence-electron chi connectivity index (χ4n) is 2.87. The molecule has 0 spiro atoms. The second-order valence-corrected chi connectivity index (χ2v) is 9.10. The molecule has 2 heterocycles. The van der Waals surface area contributed by atoms with Gasteiger partial charge < -0.3 is 10.4 Å². The Kier molecular flexibility index (Phi) is 5.12. The molecule has 0 saturated heterocycles. The molecule has 1 aromatic carbocycles. The van der Waals surface area contributed by atoms with Crippen molar-refractivity contribution in [2.45, 2.75) is 36.2 Å². The summed E-state index contributed by atoms with van der Waals surface area (Å²) in [5, 5.41) is 13.1. The van der Waals surface area contributed by atoms with Gasteiger partial charge in [0.05, 0.1) is 0 Å². The van der Waals surface area contributed by atoms with E-state index in [1.165, 1.54) is 13.0 Å². The Balaban J connectivity index is 1.98. The van der Waals surface area contributed by atoms with Crippen LogP contribution in [0.25, 0.3) is 0 Å². The lowest BCUT2D eigenvalue weighted by Crippen LogP contribution is -2.54. The SMILES string of the molecule is C[C@@H](NC(=O)C1Cc2ccccc2CN1S(=O)(=O)c1cccs1)C(=O)O. The van der Waals surface area contributed by atoms with Crippen LogP contribution in [0.1, 0.15) is 18.1 Å². The average molecular weight is 394 g/mol. The molecule has 1 aromatic heterocycles. The number of amides is 1. The first-order valence-electron chi connectivity index (χ1n) is 7.96. The minimum atomic E-state index is -3.87. The van der Waals surface area contributed by atoms with E-state index >= 15 is 0 Å². The predicted molar refractivity (Wildman–Crippen MR) is 96.2 cm³/mol. The smallest absolute Gasteiger partial charge is 0.325 e. The summed E-state index contributed by atoms with van der Waals surface area (Å²) >= 11 is 1.08. The fourth-order valence-corrected chi connectivity index (χ4v) is 5.56. The van der Waals surface area contributed by atoms with Crippen LogP contribution in [0.15, 0.2) is 46.0 Å². The maximum atomic E-state index is 13.0. The van der Waals surface area contributed by atoms with Gasteiger partial charge in [-0.3, -0.25) is 9.59 Å². The molecular weight excluding hydrogens is 376 g/mol. The summed E-state index contributed by atoms with van der Waals surface area (Å²) in [5.74, 6) is -1.79. The molecule has 1 amide bonds. The maximum absolute atomic E-state index is 13.0. The summed E-state index contributed by atoms with van der Waals surface area (Å²) in [4.78, 5) is 23.7. The molecule has 0 saturated carbocycles. The molecule has 1 unspecified atom stereocenters. The molecule has 0 fully saturated rings. The molecule has 9 heteroatoms. The van der Waals surface area contributed by atoms with Crippen LogP contribution in [0.3, 0.4) is 0 Å². The molecule has 2 N–H and O–H groups in total. The molecule has 138 valence electrons. The number of carbonyl (C=O) groups excluding carboxylic acids is 1. The lowest BCUT2D eigenvalue weighted by atomic mass is 9.95. The van der Waals surface area contributed by atoms with E-state index in [1.54, 1.807) is 11.4 Å². The van der Waals surface area contributed by atoms with Gasteiger partial charge in [-0.1, -0.05) is 30.3 Å². The third-order valence-corrected chi connectivity index (χ3v) is 7.52. The Morgan fingerprint density at radius 1 is 1.23 bits per heavy atom. The second kappa shape index (κ2) is 7.18. The van der Waals surface area contributed by atoms with Crippen LogP contribution >= 0.6 is 11.3 Å². The summed E-state index contributed by atoms with van der Waals surface area (Å²) in [7, 11) is -3.87. The molecule has 0 radical (unpaired) electrons. The first-order chi connectivity index (χ1) is 12.3. The number of nitrogens with zero attached hydrogens (tertiary/aromatic N) is 1. The van der Waals surface area contributed by atoms with Crippen molar-refractivity contribution in [3.05, 3.63) is 52.9 Å². The molecule has 7 nitrogen and oxygen atoms in total. The summed E-state index contributed by atoms with van der Waals surface area (Å²) in [6.07, 6.45) is 0.193. The van der Waals surface area contributed by atoms with Crippen LogP contribution in [0, 0.1) is 0 Å². The number of hydrogen-bond donors (Lipinski definition) is 2. The van der Waals surface area contributed by atoms with Crippen molar-refractivity contribution in [1.29, 1.82) is 0 Å². The summed E-state index contributed by atoms with van der Waals surface area (Å²) in [6, 6.07) is 8.36. The highest BCUT2D eigenvalue weighted by atomic mass is 32.2. The van der Waals surface area contributed by atoms with Gasteiger partial charge in [0.1, 0.15) is 16.3 Å². The molecule has 1 aliphatic heterocycles. The number of carboxylic acids is 1. The number of carbonyl (C=O) groups is 2. The van der Waals surface area contributed by atoms with Crippen LogP contribution in [0.2, 0.25) is 0 Å². The monoisotopic (exact) mass is 394 g/mol. The lowest BCUT2D eigenvalue weighted by molar-refractivity contribution is -0.141. The highest BCUT2D eigenvalue weighted by Gasteiger charge is 2.40. The number of aliphatic carboxylic acids is 1. The molecule has 26 heavy (non-hydrogen) atoms. The Labute approximate surface area is 155 Å². The standard InChI is InChI=1S/C17H18N2O5S2/c1-11(17(21)22)18-16(20)14-9-12-5-2-3-6-13(12)10-19(14)26(23,24)15-7-4-8-25-15/h2-8,11,14H,9-10H2,1H3,(H,18,20)(H,21,22)/t11-,14?/m1/s1. The van der Waals surface area contributed by atoms with E-state index in [9.17, 15) is 18.0 Å². The van der Waals surface area contributed by atoms with E-state index in [1.807, 2.05) is 24.3 Å². The van der Waals surface area contributed by atoms with Gasteiger partial charge in [-0.2, -0.15) is 4.31 Å². The van der Waals surface area contributed by atoms with Gasteiger partial charge in [-0.25, -0.2) is 8.42 Å². The number of rotatable bonds is 5. The van der Waals surface area contributed by atoms with Crippen molar-refractivity contribution in [2.75, 3.05) is 0 Å². The van der Waals surface area contributed by atoms with Gasteiger partial charge in [0, 0.05) is 6.54 Å². The van der Waals surface area contributed by atoms with Crippen LogP contribution in [-0.4, -0.2) is 41.8 Å². The van der Waals surface area contributed by atoms with E-state index in [0.717, 1.165) is 26.8 Å². The average Bonchev–Trinajstić information content (AvgIpc) is 3.15. The fraction of sp³-hybridized carbons (Fsp3) is 0.294. The number of hydrogen-bond acceptors (Lipinski definition) is 5. The topological polar surface area (TPSA) is 104 Å². The minimum absolute atomic E-state index is 0.0654. The highest BCUT2D eigenvalue weighted by molar-refractivity contribution is 7.91. The third-order valence-electron chi connectivity index (χ3n) is 4.30. The van der Waals surface area contributed by atoms with Crippen molar-refractivity contribution >= 4 is 33.2 Å². The van der Waals surface area contributed by atoms with Gasteiger partial charge in [0.15, 0.2) is 0 Å².